The van der Waals surface area contributed by atoms with Crippen molar-refractivity contribution in [2.24, 2.45) is 5.92 Å². The number of rotatable bonds is 8. The minimum Gasteiger partial charge on any atom is -0.478 e. The fourth-order valence-electron chi connectivity index (χ4n) is 5.25. The Hall–Kier alpha value is -2.37. The third-order valence-corrected chi connectivity index (χ3v) is 7.03. The summed E-state index contributed by atoms with van der Waals surface area (Å²) in [6, 6.07) is 15.0. The number of likely N-dealkylation sites (tertiary alicyclic amines) is 1. The van der Waals surface area contributed by atoms with Crippen molar-refractivity contribution < 1.29 is 9.84 Å². The van der Waals surface area contributed by atoms with Gasteiger partial charge in [-0.1, -0.05) is 37.8 Å². The maximum Gasteiger partial charge on any atom is 0.213 e. The summed E-state index contributed by atoms with van der Waals surface area (Å²) >= 11 is 0. The first-order valence-electron chi connectivity index (χ1n) is 11.9. The van der Waals surface area contributed by atoms with Crippen LogP contribution in [-0.2, 0) is 6.54 Å². The predicted octanol–water partition coefficient (Wildman–Crippen LogP) is 5.15. The zero-order valence-corrected chi connectivity index (χ0v) is 18.2. The SMILES string of the molecule is OC[C@H]1CCCN1Cc1cc2cc(-c3cccc(OCCC4CCCC4)n3)ccc2[nH]1. The van der Waals surface area contributed by atoms with Crippen molar-refractivity contribution in [2.45, 2.75) is 57.5 Å². The second-order valence-electron chi connectivity index (χ2n) is 9.19. The Bertz CT molecular complexity index is 1010. The van der Waals surface area contributed by atoms with E-state index < -0.39 is 0 Å². The highest BCUT2D eigenvalue weighted by atomic mass is 16.5. The van der Waals surface area contributed by atoms with Gasteiger partial charge in [-0.05, 0) is 56.0 Å². The van der Waals surface area contributed by atoms with Gasteiger partial charge in [0.2, 0.25) is 5.88 Å². The number of hydrogen-bond donors (Lipinski definition) is 2. The number of fused-ring (bicyclic) bond motifs is 1. The lowest BCUT2D eigenvalue weighted by molar-refractivity contribution is 0.152. The van der Waals surface area contributed by atoms with E-state index in [1.807, 2.05) is 12.1 Å². The molecule has 2 fully saturated rings. The molecular formula is C26H33N3O2. The van der Waals surface area contributed by atoms with Crippen molar-refractivity contribution in [3.05, 3.63) is 48.2 Å². The minimum absolute atomic E-state index is 0.245. The molecule has 3 heterocycles. The fraction of sp³-hybridized carbons (Fsp3) is 0.500. The summed E-state index contributed by atoms with van der Waals surface area (Å²) in [7, 11) is 0. The molecular weight excluding hydrogens is 386 g/mol. The lowest BCUT2D eigenvalue weighted by atomic mass is 10.1. The van der Waals surface area contributed by atoms with Gasteiger partial charge in [-0.3, -0.25) is 4.90 Å². The van der Waals surface area contributed by atoms with Crippen LogP contribution in [0, 0.1) is 5.92 Å². The van der Waals surface area contributed by atoms with Crippen LogP contribution in [-0.4, -0.2) is 45.8 Å². The van der Waals surface area contributed by atoms with Crippen LogP contribution in [0.15, 0.2) is 42.5 Å². The second kappa shape index (κ2) is 9.41. The molecule has 0 bridgehead atoms. The Labute approximate surface area is 184 Å². The lowest BCUT2D eigenvalue weighted by Crippen LogP contribution is -2.31. The van der Waals surface area contributed by atoms with E-state index in [1.54, 1.807) is 0 Å². The average molecular weight is 420 g/mol. The number of hydrogen-bond acceptors (Lipinski definition) is 4. The second-order valence-corrected chi connectivity index (χ2v) is 9.19. The number of aromatic nitrogens is 2. The van der Waals surface area contributed by atoms with E-state index in [9.17, 15) is 5.11 Å². The molecule has 31 heavy (non-hydrogen) atoms. The maximum absolute atomic E-state index is 9.58. The molecule has 5 nitrogen and oxygen atoms in total. The summed E-state index contributed by atoms with van der Waals surface area (Å²) in [5.74, 6) is 1.55. The van der Waals surface area contributed by atoms with Crippen LogP contribution in [0.2, 0.25) is 0 Å². The molecule has 1 atom stereocenters. The van der Waals surface area contributed by atoms with Crippen LogP contribution < -0.4 is 4.74 Å². The van der Waals surface area contributed by atoms with Gasteiger partial charge in [-0.2, -0.15) is 0 Å². The number of aliphatic hydroxyl groups excluding tert-OH is 1. The number of nitrogens with zero attached hydrogens (tertiary/aromatic N) is 2. The first kappa shape index (κ1) is 20.5. The highest BCUT2D eigenvalue weighted by Gasteiger charge is 2.24. The Morgan fingerprint density at radius 2 is 1.97 bits per heavy atom. The summed E-state index contributed by atoms with van der Waals surface area (Å²) in [6.45, 7) is 2.92. The van der Waals surface area contributed by atoms with E-state index in [-0.39, 0.29) is 6.61 Å². The highest BCUT2D eigenvalue weighted by molar-refractivity contribution is 5.85. The summed E-state index contributed by atoms with van der Waals surface area (Å²) in [5, 5.41) is 10.8. The molecule has 0 radical (unpaired) electrons. The van der Waals surface area contributed by atoms with Gasteiger partial charge in [0.15, 0.2) is 0 Å². The molecule has 3 aromatic rings. The smallest absolute Gasteiger partial charge is 0.213 e. The lowest BCUT2D eigenvalue weighted by Gasteiger charge is -2.21. The zero-order valence-electron chi connectivity index (χ0n) is 18.2. The highest BCUT2D eigenvalue weighted by Crippen LogP contribution is 2.29. The summed E-state index contributed by atoms with van der Waals surface area (Å²) < 4.78 is 5.97. The Morgan fingerprint density at radius 1 is 1.06 bits per heavy atom. The van der Waals surface area contributed by atoms with Crippen molar-refractivity contribution in [2.75, 3.05) is 19.8 Å². The minimum atomic E-state index is 0.245. The standard InChI is InChI=1S/C26H33N3O2/c30-18-23-7-4-13-29(23)17-22-16-21-15-20(10-11-25(21)27-22)24-8-3-9-26(28-24)31-14-12-19-5-1-2-6-19/h3,8-11,15-16,19,23,27,30H,1-2,4-7,12-14,17-18H2/t23-/m1/s1. The molecule has 0 unspecified atom stereocenters. The topological polar surface area (TPSA) is 61.4 Å². The van der Waals surface area contributed by atoms with E-state index in [0.717, 1.165) is 61.1 Å². The number of benzene rings is 1. The molecule has 2 N–H and O–H groups in total. The van der Waals surface area contributed by atoms with Gasteiger partial charge in [0, 0.05) is 40.8 Å². The van der Waals surface area contributed by atoms with Gasteiger partial charge < -0.3 is 14.8 Å². The van der Waals surface area contributed by atoms with Gasteiger partial charge in [-0.15, -0.1) is 0 Å². The van der Waals surface area contributed by atoms with Crippen molar-refractivity contribution >= 4 is 10.9 Å². The van der Waals surface area contributed by atoms with Gasteiger partial charge in [-0.25, -0.2) is 4.98 Å². The van der Waals surface area contributed by atoms with Crippen LogP contribution in [0.4, 0.5) is 0 Å². The van der Waals surface area contributed by atoms with E-state index in [0.29, 0.717) is 6.04 Å². The molecule has 5 heteroatoms. The van der Waals surface area contributed by atoms with Crippen molar-refractivity contribution in [3.8, 4) is 17.1 Å². The quantitative estimate of drug-likeness (QED) is 0.530. The number of aromatic amines is 1. The maximum atomic E-state index is 9.58. The largest absolute Gasteiger partial charge is 0.478 e. The molecule has 2 aromatic heterocycles. The number of pyridine rings is 1. The molecule has 1 saturated heterocycles. The van der Waals surface area contributed by atoms with Gasteiger partial charge >= 0.3 is 0 Å². The molecule has 164 valence electrons. The third-order valence-electron chi connectivity index (χ3n) is 7.03. The Morgan fingerprint density at radius 3 is 2.84 bits per heavy atom. The van der Waals surface area contributed by atoms with E-state index in [1.165, 1.54) is 43.2 Å². The first-order valence-corrected chi connectivity index (χ1v) is 11.9. The van der Waals surface area contributed by atoms with E-state index in [2.05, 4.69) is 40.2 Å². The van der Waals surface area contributed by atoms with Gasteiger partial charge in [0.1, 0.15) is 0 Å². The molecule has 5 rings (SSSR count). The van der Waals surface area contributed by atoms with Crippen molar-refractivity contribution in [1.29, 1.82) is 0 Å². The third kappa shape index (κ3) is 4.78. The average Bonchev–Trinajstić information content (AvgIpc) is 3.54. The summed E-state index contributed by atoms with van der Waals surface area (Å²) in [4.78, 5) is 10.7. The number of H-pyrrole nitrogens is 1. The van der Waals surface area contributed by atoms with E-state index >= 15 is 0 Å². The molecule has 0 amide bonds. The first-order chi connectivity index (χ1) is 15.3. The van der Waals surface area contributed by atoms with Crippen LogP contribution in [0.3, 0.4) is 0 Å². The number of nitrogens with one attached hydrogen (secondary N) is 1. The zero-order chi connectivity index (χ0) is 21.0. The monoisotopic (exact) mass is 419 g/mol. The van der Waals surface area contributed by atoms with Gasteiger partial charge in [0.05, 0.1) is 18.9 Å². The molecule has 1 saturated carbocycles. The molecule has 1 aromatic carbocycles. The summed E-state index contributed by atoms with van der Waals surface area (Å²) in [6.07, 6.45) is 8.86. The predicted molar refractivity (Wildman–Crippen MR) is 124 cm³/mol. The normalized spacial score (nSPS) is 20.1. The Balaban J connectivity index is 1.27. The fourth-order valence-corrected chi connectivity index (χ4v) is 5.25. The molecule has 1 aliphatic heterocycles. The van der Waals surface area contributed by atoms with Crippen LogP contribution in [0.25, 0.3) is 22.2 Å². The van der Waals surface area contributed by atoms with Crippen molar-refractivity contribution in [1.82, 2.24) is 14.9 Å². The number of ether oxygens (including phenoxy) is 1. The van der Waals surface area contributed by atoms with Crippen molar-refractivity contribution in [3.63, 3.8) is 0 Å². The van der Waals surface area contributed by atoms with Crippen LogP contribution >= 0.6 is 0 Å². The number of aliphatic hydroxyl groups is 1. The van der Waals surface area contributed by atoms with Crippen LogP contribution in [0.1, 0.15) is 50.6 Å². The molecule has 1 aliphatic carbocycles. The molecule has 0 spiro atoms. The Kier molecular flexibility index (Phi) is 6.23. The molecule has 2 aliphatic rings. The van der Waals surface area contributed by atoms with E-state index in [4.69, 9.17) is 9.72 Å². The summed E-state index contributed by atoms with van der Waals surface area (Å²) in [5.41, 5.74) is 4.39. The van der Waals surface area contributed by atoms with Crippen LogP contribution in [0.5, 0.6) is 5.88 Å². The van der Waals surface area contributed by atoms with Gasteiger partial charge in [0.25, 0.3) is 0 Å².